The Bertz CT molecular complexity index is 705. The lowest BCUT2D eigenvalue weighted by molar-refractivity contribution is 0.189. The summed E-state index contributed by atoms with van der Waals surface area (Å²) in [6.07, 6.45) is 0. The summed E-state index contributed by atoms with van der Waals surface area (Å²) in [5, 5.41) is 7.08. The third-order valence-electron chi connectivity index (χ3n) is 4.38. The van der Waals surface area contributed by atoms with E-state index in [0.717, 1.165) is 25.2 Å². The van der Waals surface area contributed by atoms with Gasteiger partial charge in [0.15, 0.2) is 11.6 Å². The molecular formula is C19H25F2N3OS. The first kappa shape index (κ1) is 20.3. The van der Waals surface area contributed by atoms with Crippen LogP contribution < -0.4 is 5.32 Å². The smallest absolute Gasteiger partial charge is 0.317 e. The minimum absolute atomic E-state index is 0.108. The standard InChI is InChI=1S/C19H25F2N3OS/c1-4-24(5-2)18(15-8-9-26-13-15)11-22-19(25)23(3)12-14-6-7-16(20)17(21)10-14/h6-10,13,18H,4-5,11-12H2,1-3H3,(H,22,25). The fourth-order valence-electron chi connectivity index (χ4n) is 2.89. The number of nitrogens with one attached hydrogen (secondary N) is 1. The highest BCUT2D eigenvalue weighted by Crippen LogP contribution is 2.22. The number of hydrogen-bond donors (Lipinski definition) is 1. The predicted molar refractivity (Wildman–Crippen MR) is 101 cm³/mol. The van der Waals surface area contributed by atoms with E-state index in [1.54, 1.807) is 18.4 Å². The topological polar surface area (TPSA) is 35.6 Å². The van der Waals surface area contributed by atoms with Crippen LogP contribution in [0.4, 0.5) is 13.6 Å². The Kier molecular flexibility index (Phi) is 7.53. The van der Waals surface area contributed by atoms with Crippen molar-refractivity contribution in [3.63, 3.8) is 0 Å². The van der Waals surface area contributed by atoms with Gasteiger partial charge in [-0.15, -0.1) is 0 Å². The number of carbonyl (C=O) groups is 1. The fourth-order valence-corrected chi connectivity index (χ4v) is 3.60. The van der Waals surface area contributed by atoms with Gasteiger partial charge in [0.1, 0.15) is 0 Å². The summed E-state index contributed by atoms with van der Waals surface area (Å²) in [5.74, 6) is -1.80. The van der Waals surface area contributed by atoms with E-state index in [9.17, 15) is 13.6 Å². The molecule has 0 bridgehead atoms. The quantitative estimate of drug-likeness (QED) is 0.742. The van der Waals surface area contributed by atoms with Crippen LogP contribution in [0, 0.1) is 11.6 Å². The number of thiophene rings is 1. The molecule has 0 aliphatic heterocycles. The van der Waals surface area contributed by atoms with Gasteiger partial charge in [-0.25, -0.2) is 13.6 Å². The minimum Gasteiger partial charge on any atom is -0.336 e. The van der Waals surface area contributed by atoms with Crippen LogP contribution in [0.5, 0.6) is 0 Å². The van der Waals surface area contributed by atoms with Crippen LogP contribution >= 0.6 is 11.3 Å². The Balaban J connectivity index is 1.97. The summed E-state index contributed by atoms with van der Waals surface area (Å²) in [4.78, 5) is 16.2. The van der Waals surface area contributed by atoms with E-state index in [1.165, 1.54) is 16.5 Å². The summed E-state index contributed by atoms with van der Waals surface area (Å²) in [5.41, 5.74) is 1.72. The van der Waals surface area contributed by atoms with Crippen molar-refractivity contribution in [1.82, 2.24) is 15.1 Å². The first-order chi connectivity index (χ1) is 12.5. The van der Waals surface area contributed by atoms with Crippen molar-refractivity contribution in [3.8, 4) is 0 Å². The molecule has 1 aromatic carbocycles. The Morgan fingerprint density at radius 3 is 2.50 bits per heavy atom. The summed E-state index contributed by atoms with van der Waals surface area (Å²) < 4.78 is 26.3. The summed E-state index contributed by atoms with van der Waals surface area (Å²) >= 11 is 1.64. The van der Waals surface area contributed by atoms with Gasteiger partial charge in [-0.2, -0.15) is 11.3 Å². The zero-order valence-electron chi connectivity index (χ0n) is 15.3. The van der Waals surface area contributed by atoms with Gasteiger partial charge in [-0.05, 0) is 53.2 Å². The predicted octanol–water partition coefficient (Wildman–Crippen LogP) is 4.25. The summed E-state index contributed by atoms with van der Waals surface area (Å²) in [7, 11) is 1.63. The summed E-state index contributed by atoms with van der Waals surface area (Å²) in [6, 6.07) is 5.60. The molecule has 1 N–H and O–H groups in total. The van der Waals surface area contributed by atoms with Gasteiger partial charge >= 0.3 is 6.03 Å². The molecule has 2 rings (SSSR count). The lowest BCUT2D eigenvalue weighted by Gasteiger charge is -2.30. The number of likely N-dealkylation sites (N-methyl/N-ethyl adjacent to an activating group) is 1. The van der Waals surface area contributed by atoms with Crippen molar-refractivity contribution in [3.05, 3.63) is 57.8 Å². The number of amides is 2. The molecule has 1 atom stereocenters. The first-order valence-electron chi connectivity index (χ1n) is 8.65. The largest absolute Gasteiger partial charge is 0.336 e. The molecule has 0 spiro atoms. The van der Waals surface area contributed by atoms with E-state index >= 15 is 0 Å². The average Bonchev–Trinajstić information content (AvgIpc) is 3.15. The second kappa shape index (κ2) is 9.64. The molecule has 1 heterocycles. The molecular weight excluding hydrogens is 356 g/mol. The lowest BCUT2D eigenvalue weighted by atomic mass is 10.1. The summed E-state index contributed by atoms with van der Waals surface area (Å²) in [6.45, 7) is 6.66. The minimum atomic E-state index is -0.907. The SMILES string of the molecule is CCN(CC)C(CNC(=O)N(C)Cc1ccc(F)c(F)c1)c1ccsc1. The van der Waals surface area contributed by atoms with Crippen LogP contribution in [0.3, 0.4) is 0 Å². The molecule has 0 fully saturated rings. The highest BCUT2D eigenvalue weighted by Gasteiger charge is 2.20. The van der Waals surface area contributed by atoms with Gasteiger partial charge in [-0.1, -0.05) is 19.9 Å². The van der Waals surface area contributed by atoms with Crippen LogP contribution in [0.1, 0.15) is 31.0 Å². The lowest BCUT2D eigenvalue weighted by Crippen LogP contribution is -2.42. The number of halogens is 2. The maximum Gasteiger partial charge on any atom is 0.317 e. The number of benzene rings is 1. The molecule has 4 nitrogen and oxygen atoms in total. The molecule has 7 heteroatoms. The van der Waals surface area contributed by atoms with E-state index in [-0.39, 0.29) is 18.6 Å². The Morgan fingerprint density at radius 2 is 1.92 bits per heavy atom. The van der Waals surface area contributed by atoms with Crippen molar-refractivity contribution in [2.75, 3.05) is 26.7 Å². The van der Waals surface area contributed by atoms with Crippen molar-refractivity contribution < 1.29 is 13.6 Å². The fraction of sp³-hybridized carbons (Fsp3) is 0.421. The van der Waals surface area contributed by atoms with Crippen LogP contribution in [-0.4, -0.2) is 42.5 Å². The van der Waals surface area contributed by atoms with Crippen LogP contribution in [0.2, 0.25) is 0 Å². The molecule has 0 aliphatic carbocycles. The van der Waals surface area contributed by atoms with E-state index in [1.807, 2.05) is 5.38 Å². The molecule has 0 saturated heterocycles. The zero-order valence-corrected chi connectivity index (χ0v) is 16.2. The number of urea groups is 1. The van der Waals surface area contributed by atoms with Gasteiger partial charge in [0, 0.05) is 20.1 Å². The molecule has 2 amide bonds. The van der Waals surface area contributed by atoms with Crippen molar-refractivity contribution in [2.45, 2.75) is 26.4 Å². The van der Waals surface area contributed by atoms with E-state index in [0.29, 0.717) is 12.1 Å². The monoisotopic (exact) mass is 381 g/mol. The number of carbonyl (C=O) groups excluding carboxylic acids is 1. The Morgan fingerprint density at radius 1 is 1.19 bits per heavy atom. The number of rotatable bonds is 8. The van der Waals surface area contributed by atoms with Gasteiger partial charge in [0.2, 0.25) is 0 Å². The van der Waals surface area contributed by atoms with Crippen molar-refractivity contribution in [2.24, 2.45) is 0 Å². The van der Waals surface area contributed by atoms with Crippen LogP contribution in [0.25, 0.3) is 0 Å². The molecule has 142 valence electrons. The Hall–Kier alpha value is -1.99. The van der Waals surface area contributed by atoms with Crippen LogP contribution in [-0.2, 0) is 6.54 Å². The van der Waals surface area contributed by atoms with E-state index in [2.05, 4.69) is 35.5 Å². The molecule has 26 heavy (non-hydrogen) atoms. The highest BCUT2D eigenvalue weighted by atomic mass is 32.1. The van der Waals surface area contributed by atoms with Crippen LogP contribution in [0.15, 0.2) is 35.0 Å². The zero-order chi connectivity index (χ0) is 19.1. The third-order valence-corrected chi connectivity index (χ3v) is 5.08. The molecule has 0 saturated carbocycles. The Labute approximate surface area is 157 Å². The van der Waals surface area contributed by atoms with Gasteiger partial charge < -0.3 is 10.2 Å². The highest BCUT2D eigenvalue weighted by molar-refractivity contribution is 7.07. The molecule has 1 aromatic heterocycles. The maximum absolute atomic E-state index is 13.3. The normalized spacial score (nSPS) is 12.2. The second-order valence-electron chi connectivity index (χ2n) is 6.08. The third kappa shape index (κ3) is 5.25. The van der Waals surface area contributed by atoms with E-state index in [4.69, 9.17) is 0 Å². The van der Waals surface area contributed by atoms with Gasteiger partial charge in [0.25, 0.3) is 0 Å². The van der Waals surface area contributed by atoms with E-state index < -0.39 is 11.6 Å². The van der Waals surface area contributed by atoms with Crippen molar-refractivity contribution >= 4 is 17.4 Å². The molecule has 1 unspecified atom stereocenters. The average molecular weight is 381 g/mol. The van der Waals surface area contributed by atoms with Gasteiger partial charge in [0.05, 0.1) is 6.04 Å². The second-order valence-corrected chi connectivity index (χ2v) is 6.86. The number of hydrogen-bond acceptors (Lipinski definition) is 3. The number of nitrogens with zero attached hydrogens (tertiary/aromatic N) is 2. The molecule has 0 radical (unpaired) electrons. The van der Waals surface area contributed by atoms with Crippen molar-refractivity contribution in [1.29, 1.82) is 0 Å². The molecule has 0 aliphatic rings. The first-order valence-corrected chi connectivity index (χ1v) is 9.59. The maximum atomic E-state index is 13.3. The van der Waals surface area contributed by atoms with Gasteiger partial charge in [-0.3, -0.25) is 4.90 Å². The molecule has 2 aromatic rings.